The van der Waals surface area contributed by atoms with Crippen LogP contribution >= 0.6 is 0 Å². The maximum absolute atomic E-state index is 9.82. The molecule has 1 saturated heterocycles. The second-order valence-electron chi connectivity index (χ2n) is 6.90. The zero-order valence-electron chi connectivity index (χ0n) is 15.6. The van der Waals surface area contributed by atoms with Gasteiger partial charge in [0.05, 0.1) is 6.07 Å². The summed E-state index contributed by atoms with van der Waals surface area (Å²) in [5, 5.41) is 9.82. The van der Waals surface area contributed by atoms with Crippen molar-refractivity contribution in [1.29, 1.82) is 5.26 Å². The summed E-state index contributed by atoms with van der Waals surface area (Å²) in [6.45, 7) is 8.47. The van der Waals surface area contributed by atoms with Gasteiger partial charge >= 0.3 is 0 Å². The van der Waals surface area contributed by atoms with Gasteiger partial charge in [0.25, 0.3) is 0 Å². The zero-order valence-corrected chi connectivity index (χ0v) is 15.6. The highest BCUT2D eigenvalue weighted by atomic mass is 16.5. The zero-order chi connectivity index (χ0) is 18.4. The summed E-state index contributed by atoms with van der Waals surface area (Å²) in [6.07, 6.45) is 1.17. The van der Waals surface area contributed by atoms with E-state index in [1.165, 1.54) is 6.42 Å². The molecular weight excluding hydrogens is 322 g/mol. The van der Waals surface area contributed by atoms with Gasteiger partial charge in [0.1, 0.15) is 17.5 Å². The Morgan fingerprint density at radius 2 is 1.88 bits per heavy atom. The molecule has 2 aromatic rings. The molecule has 1 heterocycles. The van der Waals surface area contributed by atoms with Gasteiger partial charge < -0.3 is 4.74 Å². The van der Waals surface area contributed by atoms with Crippen molar-refractivity contribution < 1.29 is 4.74 Å². The third-order valence-corrected chi connectivity index (χ3v) is 4.95. The van der Waals surface area contributed by atoms with Crippen LogP contribution in [0.1, 0.15) is 31.9 Å². The number of para-hydroxylation sites is 1. The molecule has 2 aromatic carbocycles. The van der Waals surface area contributed by atoms with Crippen molar-refractivity contribution in [3.8, 4) is 17.6 Å². The molecule has 2 unspecified atom stereocenters. The van der Waals surface area contributed by atoms with E-state index in [1.54, 1.807) is 0 Å². The number of hydrogen-bond acceptors (Lipinski definition) is 4. The number of ether oxygens (including phenoxy) is 1. The van der Waals surface area contributed by atoms with Gasteiger partial charge in [-0.15, -0.1) is 0 Å². The van der Waals surface area contributed by atoms with Crippen molar-refractivity contribution in [2.24, 2.45) is 0 Å². The van der Waals surface area contributed by atoms with Gasteiger partial charge in [0.15, 0.2) is 0 Å². The normalized spacial score (nSPS) is 19.7. The number of nitrogens with zero attached hydrogens (tertiary/aromatic N) is 3. The van der Waals surface area contributed by atoms with Crippen LogP contribution in [-0.4, -0.2) is 42.0 Å². The third kappa shape index (κ3) is 4.43. The fourth-order valence-corrected chi connectivity index (χ4v) is 3.62. The smallest absolute Gasteiger partial charge is 0.127 e. The van der Waals surface area contributed by atoms with Gasteiger partial charge in [0.2, 0.25) is 0 Å². The van der Waals surface area contributed by atoms with Crippen LogP contribution in [0.2, 0.25) is 0 Å². The largest absolute Gasteiger partial charge is 0.457 e. The first-order chi connectivity index (χ1) is 12.7. The Bertz CT molecular complexity index is 741. The van der Waals surface area contributed by atoms with Crippen LogP contribution in [0, 0.1) is 11.3 Å². The first kappa shape index (κ1) is 18.4. The van der Waals surface area contributed by atoms with E-state index in [0.717, 1.165) is 43.2 Å². The van der Waals surface area contributed by atoms with E-state index < -0.39 is 0 Å². The minimum absolute atomic E-state index is 0.236. The highest BCUT2D eigenvalue weighted by molar-refractivity contribution is 5.36. The maximum atomic E-state index is 9.82. The maximum Gasteiger partial charge on any atom is 0.127 e. The summed E-state index contributed by atoms with van der Waals surface area (Å²) >= 11 is 0. The van der Waals surface area contributed by atoms with Crippen molar-refractivity contribution in [3.05, 3.63) is 60.2 Å². The lowest BCUT2D eigenvalue weighted by Gasteiger charge is -2.41. The Kier molecular flexibility index (Phi) is 6.27. The van der Waals surface area contributed by atoms with Crippen LogP contribution in [0.5, 0.6) is 11.5 Å². The Hall–Kier alpha value is -2.35. The number of benzene rings is 2. The van der Waals surface area contributed by atoms with Crippen LogP contribution in [-0.2, 0) is 0 Å². The predicted molar refractivity (Wildman–Crippen MR) is 104 cm³/mol. The standard InChI is InChI=1S/C22H27N3O/c1-3-12-24-13-14-25(17-18(24)2)22(16-23)19-8-7-11-21(15-19)26-20-9-5-4-6-10-20/h4-11,15,18,22H,3,12-14,17H2,1-2H3. The van der Waals surface area contributed by atoms with E-state index in [4.69, 9.17) is 4.74 Å². The summed E-state index contributed by atoms with van der Waals surface area (Å²) in [4.78, 5) is 4.80. The Morgan fingerprint density at radius 1 is 1.12 bits per heavy atom. The summed E-state index contributed by atoms with van der Waals surface area (Å²) < 4.78 is 5.93. The minimum atomic E-state index is -0.236. The lowest BCUT2D eigenvalue weighted by Crippen LogP contribution is -2.52. The van der Waals surface area contributed by atoms with E-state index in [-0.39, 0.29) is 6.04 Å². The van der Waals surface area contributed by atoms with E-state index >= 15 is 0 Å². The highest BCUT2D eigenvalue weighted by Crippen LogP contribution is 2.28. The molecule has 1 aliphatic rings. The molecule has 0 aliphatic carbocycles. The second-order valence-corrected chi connectivity index (χ2v) is 6.90. The molecule has 0 aromatic heterocycles. The van der Waals surface area contributed by atoms with Crippen molar-refractivity contribution >= 4 is 0 Å². The molecule has 0 amide bonds. The van der Waals surface area contributed by atoms with Crippen molar-refractivity contribution in [2.75, 3.05) is 26.2 Å². The molecule has 0 N–H and O–H groups in total. The number of hydrogen-bond donors (Lipinski definition) is 0. The Labute approximate surface area is 156 Å². The van der Waals surface area contributed by atoms with Gasteiger partial charge in [-0.25, -0.2) is 0 Å². The first-order valence-electron chi connectivity index (χ1n) is 9.42. The fraction of sp³-hybridized carbons (Fsp3) is 0.409. The van der Waals surface area contributed by atoms with Gasteiger partial charge in [0, 0.05) is 25.7 Å². The Balaban J connectivity index is 1.72. The van der Waals surface area contributed by atoms with Crippen LogP contribution in [0.3, 0.4) is 0 Å². The SMILES string of the molecule is CCCN1CCN(C(C#N)c2cccc(Oc3ccccc3)c2)CC1C. The number of nitriles is 1. The molecule has 1 fully saturated rings. The quantitative estimate of drug-likeness (QED) is 0.772. The van der Waals surface area contributed by atoms with Gasteiger partial charge in [-0.05, 0) is 49.7 Å². The first-order valence-corrected chi connectivity index (χ1v) is 9.42. The second kappa shape index (κ2) is 8.84. The molecule has 1 aliphatic heterocycles. The van der Waals surface area contributed by atoms with Crippen LogP contribution in [0.4, 0.5) is 0 Å². The Morgan fingerprint density at radius 3 is 2.58 bits per heavy atom. The molecule has 4 heteroatoms. The molecule has 0 radical (unpaired) electrons. The van der Waals surface area contributed by atoms with Crippen molar-refractivity contribution in [3.63, 3.8) is 0 Å². The molecule has 0 saturated carbocycles. The average Bonchev–Trinajstić information content (AvgIpc) is 2.66. The van der Waals surface area contributed by atoms with E-state index in [1.807, 2.05) is 54.6 Å². The average molecular weight is 349 g/mol. The molecule has 0 spiro atoms. The van der Waals surface area contributed by atoms with Crippen LogP contribution in [0.25, 0.3) is 0 Å². The number of piperazine rings is 1. The van der Waals surface area contributed by atoms with Gasteiger partial charge in [-0.2, -0.15) is 5.26 Å². The van der Waals surface area contributed by atoms with Gasteiger partial charge in [-0.3, -0.25) is 9.80 Å². The van der Waals surface area contributed by atoms with E-state index in [2.05, 4.69) is 29.7 Å². The summed E-state index contributed by atoms with van der Waals surface area (Å²) in [7, 11) is 0. The molecule has 136 valence electrons. The van der Waals surface area contributed by atoms with Crippen molar-refractivity contribution in [2.45, 2.75) is 32.4 Å². The molecule has 3 rings (SSSR count). The van der Waals surface area contributed by atoms with Crippen LogP contribution in [0.15, 0.2) is 54.6 Å². The topological polar surface area (TPSA) is 39.5 Å². The number of rotatable bonds is 6. The molecule has 26 heavy (non-hydrogen) atoms. The monoisotopic (exact) mass is 349 g/mol. The van der Waals surface area contributed by atoms with E-state index in [0.29, 0.717) is 6.04 Å². The molecule has 4 nitrogen and oxygen atoms in total. The van der Waals surface area contributed by atoms with Gasteiger partial charge in [-0.1, -0.05) is 37.3 Å². The van der Waals surface area contributed by atoms with Crippen LogP contribution < -0.4 is 4.74 Å². The third-order valence-electron chi connectivity index (χ3n) is 4.95. The summed E-state index contributed by atoms with van der Waals surface area (Å²) in [6, 6.07) is 20.4. The molecular formula is C22H27N3O. The minimum Gasteiger partial charge on any atom is -0.457 e. The molecule has 0 bridgehead atoms. The fourth-order valence-electron chi connectivity index (χ4n) is 3.62. The van der Waals surface area contributed by atoms with E-state index in [9.17, 15) is 5.26 Å². The van der Waals surface area contributed by atoms with Crippen molar-refractivity contribution in [1.82, 2.24) is 9.80 Å². The summed E-state index contributed by atoms with van der Waals surface area (Å²) in [5.74, 6) is 1.58. The predicted octanol–water partition coefficient (Wildman–Crippen LogP) is 4.46. The highest BCUT2D eigenvalue weighted by Gasteiger charge is 2.29. The summed E-state index contributed by atoms with van der Waals surface area (Å²) in [5.41, 5.74) is 0.997. The lowest BCUT2D eigenvalue weighted by atomic mass is 10.0. The lowest BCUT2D eigenvalue weighted by molar-refractivity contribution is 0.0690. The molecule has 2 atom stereocenters.